The fraction of sp³-hybridized carbons (Fsp3) is 0.440. The topological polar surface area (TPSA) is 85.6 Å². The molecule has 0 aliphatic carbocycles. The number of rotatable bonds is 8. The van der Waals surface area contributed by atoms with Gasteiger partial charge in [0.25, 0.3) is 0 Å². The summed E-state index contributed by atoms with van der Waals surface area (Å²) in [7, 11) is 2.11. The molecule has 1 unspecified atom stereocenters. The maximum Gasteiger partial charge on any atom is 0.334 e. The van der Waals surface area contributed by atoms with Crippen LogP contribution in [0.1, 0.15) is 49.8 Å². The number of carboxylic acid groups (broad SMARTS) is 1. The first-order valence-corrected chi connectivity index (χ1v) is 10.9. The Balaban J connectivity index is 1.95. The second-order valence-corrected chi connectivity index (χ2v) is 8.22. The number of aryl methyl sites for hydroxylation is 1. The highest BCUT2D eigenvalue weighted by atomic mass is 16.5. The van der Waals surface area contributed by atoms with Gasteiger partial charge in [-0.2, -0.15) is 5.26 Å². The van der Waals surface area contributed by atoms with E-state index in [0.29, 0.717) is 23.2 Å². The third-order valence-corrected chi connectivity index (χ3v) is 6.10. The number of nitriles is 1. The van der Waals surface area contributed by atoms with Gasteiger partial charge in [-0.3, -0.25) is 0 Å². The van der Waals surface area contributed by atoms with Gasteiger partial charge in [0.1, 0.15) is 11.9 Å². The van der Waals surface area contributed by atoms with E-state index in [1.807, 2.05) is 25.1 Å². The highest BCUT2D eigenvalue weighted by Crippen LogP contribution is 2.34. The van der Waals surface area contributed by atoms with E-state index in [1.165, 1.54) is 0 Å². The van der Waals surface area contributed by atoms with Crippen LogP contribution in [0.15, 0.2) is 42.5 Å². The van der Waals surface area contributed by atoms with Crippen molar-refractivity contribution in [3.8, 4) is 11.8 Å². The fourth-order valence-corrected chi connectivity index (χ4v) is 4.04. The molecule has 2 N–H and O–H groups in total. The molecule has 0 spiro atoms. The third-order valence-electron chi connectivity index (χ3n) is 6.10. The molecule has 31 heavy (non-hydrogen) atoms. The van der Waals surface area contributed by atoms with E-state index >= 15 is 0 Å². The van der Waals surface area contributed by atoms with E-state index in [0.717, 1.165) is 43.7 Å². The SMILES string of the molecule is CCc1cc(OC2CCN(C)CC2)cc(C(CC)(Nc2ccc(C#N)cc2)C(=O)O)c1. The van der Waals surface area contributed by atoms with Crippen molar-refractivity contribution >= 4 is 11.7 Å². The van der Waals surface area contributed by atoms with Crippen molar-refractivity contribution in [1.29, 1.82) is 5.26 Å². The first-order chi connectivity index (χ1) is 14.9. The first kappa shape index (κ1) is 22.6. The molecule has 3 rings (SSSR count). The normalized spacial score (nSPS) is 16.8. The Morgan fingerprint density at radius 3 is 2.45 bits per heavy atom. The first-order valence-electron chi connectivity index (χ1n) is 10.9. The quantitative estimate of drug-likeness (QED) is 0.657. The standard InChI is InChI=1S/C25H31N3O3/c1-4-18-14-20(16-23(15-18)31-22-10-12-28(3)13-11-22)25(5-2,24(29)30)27-21-8-6-19(17-26)7-9-21/h6-9,14-16,22,27H,4-5,10-13H2,1-3H3,(H,29,30). The highest BCUT2D eigenvalue weighted by Gasteiger charge is 2.39. The zero-order valence-corrected chi connectivity index (χ0v) is 18.5. The van der Waals surface area contributed by atoms with Crippen LogP contribution in [0.4, 0.5) is 5.69 Å². The van der Waals surface area contributed by atoms with Crippen LogP contribution in [0, 0.1) is 11.3 Å². The molecule has 6 nitrogen and oxygen atoms in total. The van der Waals surface area contributed by atoms with Crippen LogP contribution < -0.4 is 10.1 Å². The molecule has 0 radical (unpaired) electrons. The van der Waals surface area contributed by atoms with Crippen LogP contribution in [-0.2, 0) is 16.8 Å². The lowest BCUT2D eigenvalue weighted by atomic mass is 9.85. The van der Waals surface area contributed by atoms with Gasteiger partial charge in [-0.1, -0.05) is 19.9 Å². The predicted molar refractivity (Wildman–Crippen MR) is 121 cm³/mol. The van der Waals surface area contributed by atoms with Gasteiger partial charge in [0.15, 0.2) is 5.54 Å². The molecule has 164 valence electrons. The summed E-state index contributed by atoms with van der Waals surface area (Å²) in [6, 6.07) is 14.8. The summed E-state index contributed by atoms with van der Waals surface area (Å²) in [5.41, 5.74) is 1.60. The summed E-state index contributed by atoms with van der Waals surface area (Å²) in [4.78, 5) is 14.8. The lowest BCUT2D eigenvalue weighted by molar-refractivity contribution is -0.142. The summed E-state index contributed by atoms with van der Waals surface area (Å²) >= 11 is 0. The average Bonchev–Trinajstić information content (AvgIpc) is 2.79. The van der Waals surface area contributed by atoms with Crippen LogP contribution in [0.2, 0.25) is 0 Å². The lowest BCUT2D eigenvalue weighted by Gasteiger charge is -2.33. The molecular weight excluding hydrogens is 390 g/mol. The molecule has 2 aromatic carbocycles. The molecule has 1 aliphatic heterocycles. The number of hydrogen-bond acceptors (Lipinski definition) is 5. The number of benzene rings is 2. The van der Waals surface area contributed by atoms with E-state index in [9.17, 15) is 9.90 Å². The van der Waals surface area contributed by atoms with Crippen LogP contribution in [0.5, 0.6) is 5.75 Å². The number of ether oxygens (including phenoxy) is 1. The Hall–Kier alpha value is -3.04. The average molecular weight is 422 g/mol. The fourth-order valence-electron chi connectivity index (χ4n) is 4.04. The Bertz CT molecular complexity index is 943. The molecular formula is C25H31N3O3. The zero-order valence-electron chi connectivity index (χ0n) is 18.5. The van der Waals surface area contributed by atoms with Gasteiger partial charge in [0.2, 0.25) is 0 Å². The second kappa shape index (κ2) is 9.84. The number of nitrogens with one attached hydrogen (secondary N) is 1. The van der Waals surface area contributed by atoms with E-state index in [-0.39, 0.29) is 6.10 Å². The Labute approximate surface area is 184 Å². The minimum absolute atomic E-state index is 0.142. The van der Waals surface area contributed by atoms with Gasteiger partial charge in [-0.25, -0.2) is 4.79 Å². The molecule has 2 aromatic rings. The Kier molecular flexibility index (Phi) is 7.19. The molecule has 1 fully saturated rings. The molecule has 0 amide bonds. The van der Waals surface area contributed by atoms with Crippen molar-refractivity contribution in [3.05, 3.63) is 59.2 Å². The van der Waals surface area contributed by atoms with E-state index < -0.39 is 11.5 Å². The summed E-state index contributed by atoms with van der Waals surface area (Å²) in [6.07, 6.45) is 3.20. The van der Waals surface area contributed by atoms with Crippen molar-refractivity contribution in [2.24, 2.45) is 0 Å². The molecule has 1 heterocycles. The summed E-state index contributed by atoms with van der Waals surface area (Å²) < 4.78 is 6.30. The van der Waals surface area contributed by atoms with Crippen molar-refractivity contribution in [2.45, 2.75) is 51.2 Å². The number of carboxylic acids is 1. The number of anilines is 1. The predicted octanol–water partition coefficient (Wildman–Crippen LogP) is 4.40. The smallest absolute Gasteiger partial charge is 0.334 e. The minimum atomic E-state index is -1.30. The van der Waals surface area contributed by atoms with Gasteiger partial charge < -0.3 is 20.1 Å². The van der Waals surface area contributed by atoms with Gasteiger partial charge in [0, 0.05) is 18.8 Å². The van der Waals surface area contributed by atoms with Gasteiger partial charge in [-0.05, 0) is 80.3 Å². The highest BCUT2D eigenvalue weighted by molar-refractivity contribution is 5.85. The van der Waals surface area contributed by atoms with Crippen LogP contribution in [0.25, 0.3) is 0 Å². The Morgan fingerprint density at radius 1 is 1.23 bits per heavy atom. The summed E-state index contributed by atoms with van der Waals surface area (Å²) in [5.74, 6) is -0.220. The van der Waals surface area contributed by atoms with Gasteiger partial charge in [-0.15, -0.1) is 0 Å². The molecule has 0 saturated carbocycles. The molecule has 1 saturated heterocycles. The van der Waals surface area contributed by atoms with E-state index in [1.54, 1.807) is 24.3 Å². The maximum absolute atomic E-state index is 12.6. The number of carbonyl (C=O) groups is 1. The zero-order chi connectivity index (χ0) is 22.4. The molecule has 1 atom stereocenters. The van der Waals surface area contributed by atoms with Crippen LogP contribution in [0.3, 0.4) is 0 Å². The molecule has 0 aromatic heterocycles. The lowest BCUT2D eigenvalue weighted by Crippen LogP contribution is -2.43. The number of aliphatic carboxylic acids is 1. The van der Waals surface area contributed by atoms with Crippen molar-refractivity contribution in [3.63, 3.8) is 0 Å². The van der Waals surface area contributed by atoms with Crippen LogP contribution in [-0.4, -0.2) is 42.2 Å². The van der Waals surface area contributed by atoms with Gasteiger partial charge in [0.05, 0.1) is 11.6 Å². The molecule has 0 bridgehead atoms. The van der Waals surface area contributed by atoms with E-state index in [4.69, 9.17) is 10.00 Å². The van der Waals surface area contributed by atoms with E-state index in [2.05, 4.69) is 30.3 Å². The summed E-state index contributed by atoms with van der Waals surface area (Å²) in [5, 5.41) is 22.5. The number of hydrogen-bond donors (Lipinski definition) is 2. The Morgan fingerprint density at radius 2 is 1.90 bits per heavy atom. The van der Waals surface area contributed by atoms with Crippen molar-refractivity contribution in [1.82, 2.24) is 4.90 Å². The van der Waals surface area contributed by atoms with Crippen LogP contribution >= 0.6 is 0 Å². The number of nitrogens with zero attached hydrogens (tertiary/aromatic N) is 2. The minimum Gasteiger partial charge on any atom is -0.490 e. The molecule has 1 aliphatic rings. The summed E-state index contributed by atoms with van der Waals surface area (Å²) in [6.45, 7) is 5.92. The number of piperidine rings is 1. The van der Waals surface area contributed by atoms with Gasteiger partial charge >= 0.3 is 5.97 Å². The van der Waals surface area contributed by atoms with Crippen molar-refractivity contribution < 1.29 is 14.6 Å². The largest absolute Gasteiger partial charge is 0.490 e. The monoisotopic (exact) mass is 421 g/mol. The van der Waals surface area contributed by atoms with Crippen molar-refractivity contribution in [2.75, 3.05) is 25.5 Å². The third kappa shape index (κ3) is 5.18. The second-order valence-electron chi connectivity index (χ2n) is 8.22. The number of likely N-dealkylation sites (tertiary alicyclic amines) is 1. The molecule has 6 heteroatoms. The maximum atomic E-state index is 12.6.